The third kappa shape index (κ3) is 7.70. The Bertz CT molecular complexity index is 283. The topological polar surface area (TPSA) is 70.6 Å². The van der Waals surface area contributed by atoms with Crippen molar-refractivity contribution in [1.29, 1.82) is 0 Å². The highest BCUT2D eigenvalue weighted by Gasteiger charge is 2.20. The molecule has 1 fully saturated rings. The van der Waals surface area contributed by atoms with Crippen LogP contribution in [0.4, 0.5) is 4.79 Å². The van der Waals surface area contributed by atoms with Gasteiger partial charge in [-0.3, -0.25) is 0 Å². The molecule has 0 aromatic carbocycles. The fourth-order valence-corrected chi connectivity index (χ4v) is 2.52. The van der Waals surface area contributed by atoms with Gasteiger partial charge in [-0.1, -0.05) is 20.8 Å². The Hall–Kier alpha value is -0.810. The van der Waals surface area contributed by atoms with Crippen molar-refractivity contribution in [3.8, 4) is 0 Å². The van der Waals surface area contributed by atoms with Crippen LogP contribution in [0.5, 0.6) is 0 Å². The van der Waals surface area contributed by atoms with Crippen LogP contribution in [0.2, 0.25) is 0 Å². The smallest absolute Gasteiger partial charge is 0.315 e. The van der Waals surface area contributed by atoms with Gasteiger partial charge in [-0.2, -0.15) is 0 Å². The van der Waals surface area contributed by atoms with Crippen molar-refractivity contribution >= 4 is 6.03 Å². The van der Waals surface area contributed by atoms with E-state index < -0.39 is 0 Å². The summed E-state index contributed by atoms with van der Waals surface area (Å²) >= 11 is 0. The average Bonchev–Trinajstić information content (AvgIpc) is 2.37. The Labute approximate surface area is 122 Å². The zero-order valence-corrected chi connectivity index (χ0v) is 13.1. The fraction of sp³-hybridized carbons (Fsp3) is 0.933. The molecule has 118 valence electrons. The molecule has 1 aliphatic rings. The summed E-state index contributed by atoms with van der Waals surface area (Å²) in [6, 6.07) is -0.398. The van der Waals surface area contributed by atoms with E-state index in [4.69, 9.17) is 4.74 Å². The van der Waals surface area contributed by atoms with Gasteiger partial charge in [0.2, 0.25) is 0 Å². The summed E-state index contributed by atoms with van der Waals surface area (Å²) in [6.07, 6.45) is 5.35. The molecule has 0 aromatic rings. The standard InChI is InChI=1S/C15H30N2O3/c1-15(2,3)10-12(11-18)17-14(19)16-8-7-13-6-4-5-9-20-13/h12-13,18H,4-11H2,1-3H3,(H2,16,17,19). The molecule has 5 nitrogen and oxygen atoms in total. The maximum absolute atomic E-state index is 11.8. The Balaban J connectivity index is 2.17. The van der Waals surface area contributed by atoms with Crippen molar-refractivity contribution in [1.82, 2.24) is 10.6 Å². The monoisotopic (exact) mass is 286 g/mol. The number of hydrogen-bond acceptors (Lipinski definition) is 3. The first kappa shape index (κ1) is 17.2. The number of nitrogens with one attached hydrogen (secondary N) is 2. The van der Waals surface area contributed by atoms with Crippen LogP contribution in [0.3, 0.4) is 0 Å². The Morgan fingerprint density at radius 1 is 1.40 bits per heavy atom. The van der Waals surface area contributed by atoms with E-state index in [0.29, 0.717) is 6.54 Å². The van der Waals surface area contributed by atoms with Crippen molar-refractivity contribution in [2.24, 2.45) is 5.41 Å². The van der Waals surface area contributed by atoms with Crippen LogP contribution >= 0.6 is 0 Å². The largest absolute Gasteiger partial charge is 0.394 e. The first-order valence-corrected chi connectivity index (χ1v) is 7.67. The zero-order chi connectivity index (χ0) is 15.0. The van der Waals surface area contributed by atoms with E-state index >= 15 is 0 Å². The minimum Gasteiger partial charge on any atom is -0.394 e. The molecule has 2 amide bonds. The van der Waals surface area contributed by atoms with E-state index in [2.05, 4.69) is 31.4 Å². The predicted molar refractivity (Wildman–Crippen MR) is 79.7 cm³/mol. The van der Waals surface area contributed by atoms with E-state index in [1.807, 2.05) is 0 Å². The van der Waals surface area contributed by atoms with Gasteiger partial charge < -0.3 is 20.5 Å². The molecule has 0 radical (unpaired) electrons. The van der Waals surface area contributed by atoms with Gasteiger partial charge in [0.25, 0.3) is 0 Å². The second kappa shape index (κ2) is 8.47. The molecular weight excluding hydrogens is 256 g/mol. The van der Waals surface area contributed by atoms with E-state index in [1.54, 1.807) is 0 Å². The summed E-state index contributed by atoms with van der Waals surface area (Å²) in [5.74, 6) is 0. The van der Waals surface area contributed by atoms with Crippen LogP contribution in [0, 0.1) is 5.41 Å². The van der Waals surface area contributed by atoms with Gasteiger partial charge >= 0.3 is 6.03 Å². The molecule has 0 saturated carbocycles. The van der Waals surface area contributed by atoms with Gasteiger partial charge in [0.1, 0.15) is 0 Å². The highest BCUT2D eigenvalue weighted by Crippen LogP contribution is 2.20. The number of aliphatic hydroxyl groups is 1. The first-order chi connectivity index (χ1) is 9.40. The number of amides is 2. The number of carbonyl (C=O) groups is 1. The van der Waals surface area contributed by atoms with Gasteiger partial charge in [0.05, 0.1) is 18.8 Å². The lowest BCUT2D eigenvalue weighted by Gasteiger charge is -2.26. The van der Waals surface area contributed by atoms with Crippen molar-refractivity contribution in [3.05, 3.63) is 0 Å². The highest BCUT2D eigenvalue weighted by atomic mass is 16.5. The maximum atomic E-state index is 11.8. The number of ether oxygens (including phenoxy) is 1. The quantitative estimate of drug-likeness (QED) is 0.700. The number of hydrogen-bond donors (Lipinski definition) is 3. The summed E-state index contributed by atoms with van der Waals surface area (Å²) in [5.41, 5.74) is 0.0800. The molecule has 0 spiro atoms. The number of urea groups is 1. The summed E-state index contributed by atoms with van der Waals surface area (Å²) < 4.78 is 5.62. The number of rotatable bonds is 6. The third-order valence-corrected chi connectivity index (χ3v) is 3.44. The van der Waals surface area contributed by atoms with Crippen LogP contribution in [-0.4, -0.2) is 43.0 Å². The van der Waals surface area contributed by atoms with E-state index in [9.17, 15) is 9.90 Å². The Morgan fingerprint density at radius 3 is 2.70 bits per heavy atom. The summed E-state index contributed by atoms with van der Waals surface area (Å²) in [5, 5.41) is 15.0. The van der Waals surface area contributed by atoms with Crippen molar-refractivity contribution in [2.45, 2.75) is 65.0 Å². The maximum Gasteiger partial charge on any atom is 0.315 e. The second-order valence-corrected chi connectivity index (χ2v) is 6.82. The number of carbonyl (C=O) groups excluding carboxylic acids is 1. The van der Waals surface area contributed by atoms with Crippen LogP contribution in [0.15, 0.2) is 0 Å². The second-order valence-electron chi connectivity index (χ2n) is 6.82. The summed E-state index contributed by atoms with van der Waals surface area (Å²) in [4.78, 5) is 11.8. The van der Waals surface area contributed by atoms with Crippen LogP contribution in [-0.2, 0) is 4.74 Å². The molecule has 2 unspecified atom stereocenters. The van der Waals surface area contributed by atoms with Crippen molar-refractivity contribution in [3.63, 3.8) is 0 Å². The van der Waals surface area contributed by atoms with Crippen molar-refractivity contribution in [2.75, 3.05) is 19.8 Å². The lowest BCUT2D eigenvalue weighted by atomic mass is 9.88. The normalized spacial score (nSPS) is 21.3. The molecule has 0 aromatic heterocycles. The molecule has 0 bridgehead atoms. The molecule has 3 N–H and O–H groups in total. The third-order valence-electron chi connectivity index (χ3n) is 3.44. The van der Waals surface area contributed by atoms with Crippen LogP contribution in [0.1, 0.15) is 52.9 Å². The SMILES string of the molecule is CC(C)(C)CC(CO)NC(=O)NCCC1CCCCO1. The molecule has 5 heteroatoms. The Morgan fingerprint density at radius 2 is 2.15 bits per heavy atom. The van der Waals surface area contributed by atoms with Gasteiger partial charge in [-0.15, -0.1) is 0 Å². The lowest BCUT2D eigenvalue weighted by Crippen LogP contribution is -2.46. The number of aliphatic hydroxyl groups excluding tert-OH is 1. The van der Waals surface area contributed by atoms with Crippen LogP contribution < -0.4 is 10.6 Å². The van der Waals surface area contributed by atoms with Gasteiger partial charge in [-0.25, -0.2) is 4.79 Å². The molecule has 1 heterocycles. The average molecular weight is 286 g/mol. The first-order valence-electron chi connectivity index (χ1n) is 7.67. The highest BCUT2D eigenvalue weighted by molar-refractivity contribution is 5.74. The predicted octanol–water partition coefficient (Wildman–Crippen LogP) is 2.04. The molecular formula is C15H30N2O3. The Kier molecular flexibility index (Phi) is 7.30. The molecule has 1 aliphatic heterocycles. The zero-order valence-electron chi connectivity index (χ0n) is 13.1. The molecule has 20 heavy (non-hydrogen) atoms. The minimum absolute atomic E-state index is 0.0313. The fourth-order valence-electron chi connectivity index (χ4n) is 2.52. The van der Waals surface area contributed by atoms with Gasteiger partial charge in [0.15, 0.2) is 0 Å². The summed E-state index contributed by atoms with van der Waals surface area (Å²) in [7, 11) is 0. The lowest BCUT2D eigenvalue weighted by molar-refractivity contribution is 0.0119. The molecule has 2 atom stereocenters. The van der Waals surface area contributed by atoms with Crippen LogP contribution in [0.25, 0.3) is 0 Å². The molecule has 1 saturated heterocycles. The van der Waals surface area contributed by atoms with Gasteiger partial charge in [0, 0.05) is 13.2 Å². The molecule has 0 aliphatic carbocycles. The van der Waals surface area contributed by atoms with E-state index in [1.165, 1.54) is 6.42 Å². The van der Waals surface area contributed by atoms with E-state index in [-0.39, 0.29) is 30.2 Å². The minimum atomic E-state index is -0.205. The molecule has 1 rings (SSSR count). The van der Waals surface area contributed by atoms with Gasteiger partial charge in [-0.05, 0) is 37.5 Å². The van der Waals surface area contributed by atoms with Crippen molar-refractivity contribution < 1.29 is 14.6 Å². The van der Waals surface area contributed by atoms with E-state index in [0.717, 1.165) is 32.3 Å². The summed E-state index contributed by atoms with van der Waals surface area (Å²) in [6.45, 7) is 7.70.